The summed E-state index contributed by atoms with van der Waals surface area (Å²) in [6.07, 6.45) is 3.48. The molecule has 6 heteroatoms. The van der Waals surface area contributed by atoms with Gasteiger partial charge in [-0.25, -0.2) is 4.79 Å². The summed E-state index contributed by atoms with van der Waals surface area (Å²) in [6, 6.07) is -0.0575. The van der Waals surface area contributed by atoms with Crippen LogP contribution in [0.2, 0.25) is 0 Å². The number of carbonyl (C=O) groups is 2. The van der Waals surface area contributed by atoms with Crippen molar-refractivity contribution in [3.05, 3.63) is 0 Å². The van der Waals surface area contributed by atoms with Crippen molar-refractivity contribution in [2.24, 2.45) is 5.92 Å². The van der Waals surface area contributed by atoms with Crippen molar-refractivity contribution in [3.63, 3.8) is 0 Å². The number of piperidine rings is 2. The highest BCUT2D eigenvalue weighted by Gasteiger charge is 2.31. The fourth-order valence-corrected chi connectivity index (χ4v) is 3.15. The summed E-state index contributed by atoms with van der Waals surface area (Å²) in [6.45, 7) is 6.63. The zero-order valence-electron chi connectivity index (χ0n) is 13.1. The van der Waals surface area contributed by atoms with Crippen molar-refractivity contribution in [2.75, 3.05) is 26.2 Å². The van der Waals surface area contributed by atoms with Crippen molar-refractivity contribution in [3.8, 4) is 0 Å². The number of alkyl carbamates (subject to hydrolysis) is 1. The number of nitrogens with one attached hydrogen (secondary N) is 2. The van der Waals surface area contributed by atoms with E-state index in [1.807, 2.05) is 4.90 Å². The van der Waals surface area contributed by atoms with Gasteiger partial charge in [0.25, 0.3) is 0 Å². The van der Waals surface area contributed by atoms with Crippen LogP contribution in [0.3, 0.4) is 0 Å². The molecular formula is C15H27N3O3. The maximum Gasteiger partial charge on any atom is 0.407 e. The zero-order valence-corrected chi connectivity index (χ0v) is 13.1. The molecule has 2 amide bonds. The number of hydrogen-bond acceptors (Lipinski definition) is 4. The molecule has 0 bridgehead atoms. The number of likely N-dealkylation sites (tertiary alicyclic amines) is 1. The van der Waals surface area contributed by atoms with Crippen LogP contribution in [0.5, 0.6) is 0 Å². The second kappa shape index (κ2) is 7.64. The first-order valence-electron chi connectivity index (χ1n) is 8.05. The number of amides is 2. The van der Waals surface area contributed by atoms with Crippen LogP contribution in [-0.4, -0.2) is 55.2 Å². The van der Waals surface area contributed by atoms with Gasteiger partial charge in [0.1, 0.15) is 0 Å². The number of ether oxygens (including phenoxy) is 1. The van der Waals surface area contributed by atoms with Crippen LogP contribution in [0.1, 0.15) is 39.5 Å². The van der Waals surface area contributed by atoms with Crippen molar-refractivity contribution in [1.29, 1.82) is 0 Å². The van der Waals surface area contributed by atoms with Crippen LogP contribution in [-0.2, 0) is 9.53 Å². The Morgan fingerprint density at radius 2 is 2.19 bits per heavy atom. The molecule has 2 aliphatic rings. The Kier molecular flexibility index (Phi) is 5.85. The van der Waals surface area contributed by atoms with Crippen LogP contribution >= 0.6 is 0 Å². The molecule has 120 valence electrons. The van der Waals surface area contributed by atoms with Crippen molar-refractivity contribution in [2.45, 2.75) is 51.6 Å². The lowest BCUT2D eigenvalue weighted by Gasteiger charge is -2.37. The molecule has 3 unspecified atom stereocenters. The molecular weight excluding hydrogens is 270 g/mol. The molecule has 6 nitrogen and oxygen atoms in total. The Hall–Kier alpha value is -1.30. The van der Waals surface area contributed by atoms with Gasteiger partial charge in [-0.2, -0.15) is 0 Å². The van der Waals surface area contributed by atoms with E-state index < -0.39 is 0 Å². The smallest absolute Gasteiger partial charge is 0.407 e. The summed E-state index contributed by atoms with van der Waals surface area (Å²) in [5, 5.41) is 6.16. The van der Waals surface area contributed by atoms with Crippen LogP contribution < -0.4 is 10.6 Å². The van der Waals surface area contributed by atoms with Crippen molar-refractivity contribution >= 4 is 12.0 Å². The molecule has 2 saturated heterocycles. The average molecular weight is 297 g/mol. The maximum atomic E-state index is 12.6. The minimum Gasteiger partial charge on any atom is -0.450 e. The van der Waals surface area contributed by atoms with E-state index >= 15 is 0 Å². The van der Waals surface area contributed by atoms with Gasteiger partial charge in [0.2, 0.25) is 5.91 Å². The molecule has 2 aliphatic heterocycles. The van der Waals surface area contributed by atoms with Gasteiger partial charge in [-0.05, 0) is 45.1 Å². The molecule has 2 rings (SSSR count). The molecule has 0 aliphatic carbocycles. The van der Waals surface area contributed by atoms with Gasteiger partial charge in [-0.1, -0.05) is 6.92 Å². The second-order valence-electron chi connectivity index (χ2n) is 6.12. The Morgan fingerprint density at radius 1 is 1.38 bits per heavy atom. The predicted molar refractivity (Wildman–Crippen MR) is 79.9 cm³/mol. The lowest BCUT2D eigenvalue weighted by molar-refractivity contribution is -0.135. The molecule has 0 aromatic carbocycles. The van der Waals surface area contributed by atoms with E-state index in [1.165, 1.54) is 0 Å². The zero-order chi connectivity index (χ0) is 15.2. The third-order valence-corrected chi connectivity index (χ3v) is 4.29. The van der Waals surface area contributed by atoms with Gasteiger partial charge in [-0.15, -0.1) is 0 Å². The standard InChI is InChI=1S/C15H27N3O3/c1-3-21-15(20)17-12-5-4-8-18(10-12)14(19)13-9-11(2)6-7-16-13/h11-13,16H,3-10H2,1-2H3,(H,17,20). The summed E-state index contributed by atoms with van der Waals surface area (Å²) in [4.78, 5) is 25.9. The average Bonchev–Trinajstić information content (AvgIpc) is 2.47. The molecule has 0 spiro atoms. The van der Waals surface area contributed by atoms with E-state index in [2.05, 4.69) is 17.6 Å². The molecule has 2 heterocycles. The first-order chi connectivity index (χ1) is 10.1. The summed E-state index contributed by atoms with van der Waals surface area (Å²) in [5.41, 5.74) is 0. The number of nitrogens with zero attached hydrogens (tertiary/aromatic N) is 1. The highest BCUT2D eigenvalue weighted by Crippen LogP contribution is 2.19. The first-order valence-corrected chi connectivity index (χ1v) is 8.05. The molecule has 0 aromatic heterocycles. The fraction of sp³-hybridized carbons (Fsp3) is 0.867. The fourth-order valence-electron chi connectivity index (χ4n) is 3.15. The summed E-state index contributed by atoms with van der Waals surface area (Å²) in [5.74, 6) is 0.773. The van der Waals surface area contributed by atoms with Crippen molar-refractivity contribution in [1.82, 2.24) is 15.5 Å². The monoisotopic (exact) mass is 297 g/mol. The Bertz CT molecular complexity index is 375. The quantitative estimate of drug-likeness (QED) is 0.819. The van der Waals surface area contributed by atoms with Gasteiger partial charge in [0.15, 0.2) is 0 Å². The van der Waals surface area contributed by atoms with Gasteiger partial charge < -0.3 is 20.3 Å². The van der Waals surface area contributed by atoms with Crippen LogP contribution in [0.15, 0.2) is 0 Å². The summed E-state index contributed by atoms with van der Waals surface area (Å²) in [7, 11) is 0. The minimum absolute atomic E-state index is 0.00256. The Morgan fingerprint density at radius 3 is 2.90 bits per heavy atom. The molecule has 0 radical (unpaired) electrons. The lowest BCUT2D eigenvalue weighted by atomic mass is 9.93. The third-order valence-electron chi connectivity index (χ3n) is 4.29. The molecule has 0 aromatic rings. The highest BCUT2D eigenvalue weighted by molar-refractivity contribution is 5.82. The van der Waals surface area contributed by atoms with E-state index in [0.717, 1.165) is 38.8 Å². The number of hydrogen-bond donors (Lipinski definition) is 2. The maximum absolute atomic E-state index is 12.6. The van der Waals surface area contributed by atoms with Crippen LogP contribution in [0.25, 0.3) is 0 Å². The van der Waals surface area contributed by atoms with E-state index in [0.29, 0.717) is 19.1 Å². The molecule has 2 fully saturated rings. The SMILES string of the molecule is CCOC(=O)NC1CCCN(C(=O)C2CC(C)CCN2)C1. The first kappa shape index (κ1) is 16.1. The van der Waals surface area contributed by atoms with Gasteiger partial charge >= 0.3 is 6.09 Å². The number of rotatable bonds is 3. The summed E-state index contributed by atoms with van der Waals surface area (Å²) >= 11 is 0. The minimum atomic E-state index is -0.388. The molecule has 2 N–H and O–H groups in total. The molecule has 0 saturated carbocycles. The van der Waals surface area contributed by atoms with E-state index in [4.69, 9.17) is 4.74 Å². The largest absolute Gasteiger partial charge is 0.450 e. The predicted octanol–water partition coefficient (Wildman–Crippen LogP) is 1.11. The number of carbonyl (C=O) groups excluding carboxylic acids is 2. The van der Waals surface area contributed by atoms with Crippen LogP contribution in [0.4, 0.5) is 4.79 Å². The van der Waals surface area contributed by atoms with Crippen molar-refractivity contribution < 1.29 is 14.3 Å². The van der Waals surface area contributed by atoms with E-state index in [-0.39, 0.29) is 24.1 Å². The normalized spacial score (nSPS) is 29.8. The lowest BCUT2D eigenvalue weighted by Crippen LogP contribution is -2.55. The third kappa shape index (κ3) is 4.59. The van der Waals surface area contributed by atoms with Gasteiger partial charge in [0.05, 0.1) is 12.6 Å². The highest BCUT2D eigenvalue weighted by atomic mass is 16.5. The van der Waals surface area contributed by atoms with Gasteiger partial charge in [0, 0.05) is 19.1 Å². The Labute approximate surface area is 126 Å². The van der Waals surface area contributed by atoms with E-state index in [9.17, 15) is 9.59 Å². The molecule has 3 atom stereocenters. The molecule has 21 heavy (non-hydrogen) atoms. The Balaban J connectivity index is 1.85. The topological polar surface area (TPSA) is 70.7 Å². The van der Waals surface area contributed by atoms with Gasteiger partial charge in [-0.3, -0.25) is 4.79 Å². The van der Waals surface area contributed by atoms with Crippen LogP contribution in [0, 0.1) is 5.92 Å². The van der Waals surface area contributed by atoms with E-state index in [1.54, 1.807) is 6.92 Å². The second-order valence-corrected chi connectivity index (χ2v) is 6.12. The summed E-state index contributed by atoms with van der Waals surface area (Å²) < 4.78 is 4.90.